The minimum absolute atomic E-state index is 0.0646. The van der Waals surface area contributed by atoms with Crippen molar-refractivity contribution in [2.24, 2.45) is 0 Å². The predicted molar refractivity (Wildman–Crippen MR) is 76.0 cm³/mol. The predicted octanol–water partition coefficient (Wildman–Crippen LogP) is 3.13. The lowest BCUT2D eigenvalue weighted by atomic mass is 9.93. The van der Waals surface area contributed by atoms with E-state index in [1.807, 2.05) is 7.05 Å². The lowest BCUT2D eigenvalue weighted by Crippen LogP contribution is -2.42. The molecule has 3 nitrogen and oxygen atoms in total. The second-order valence-electron chi connectivity index (χ2n) is 6.19. The molecule has 0 aromatic carbocycles. The third-order valence-corrected chi connectivity index (χ3v) is 4.18. The molecule has 1 saturated carbocycles. The number of likely N-dealkylation sites (N-methyl/N-ethyl adjacent to an activating group) is 1. The molecule has 1 N–H and O–H groups in total. The monoisotopic (exact) mass is 257 g/mol. The average Bonchev–Trinajstić information content (AvgIpc) is 2.56. The van der Waals surface area contributed by atoms with Gasteiger partial charge in [0.15, 0.2) is 0 Å². The Morgan fingerprint density at radius 1 is 1.11 bits per heavy atom. The quantitative estimate of drug-likeness (QED) is 0.711. The summed E-state index contributed by atoms with van der Waals surface area (Å²) in [4.78, 5) is 0. The fourth-order valence-corrected chi connectivity index (χ4v) is 2.68. The standard InChI is InChI=1S/C15H31NO2/c1-14(2,17-4)11-12-18-15(13-16-3)9-7-5-6-8-10-15/h16H,5-13H2,1-4H3. The highest BCUT2D eigenvalue weighted by Crippen LogP contribution is 2.30. The first-order valence-electron chi connectivity index (χ1n) is 7.37. The highest BCUT2D eigenvalue weighted by Gasteiger charge is 2.31. The summed E-state index contributed by atoms with van der Waals surface area (Å²) in [6, 6.07) is 0. The van der Waals surface area contributed by atoms with Crippen molar-refractivity contribution in [3.63, 3.8) is 0 Å². The van der Waals surface area contributed by atoms with E-state index in [0.717, 1.165) is 19.6 Å². The molecule has 1 aliphatic carbocycles. The van der Waals surface area contributed by atoms with Gasteiger partial charge in [0.2, 0.25) is 0 Å². The van der Waals surface area contributed by atoms with Crippen LogP contribution in [0.5, 0.6) is 0 Å². The van der Waals surface area contributed by atoms with Crippen LogP contribution in [0, 0.1) is 0 Å². The van der Waals surface area contributed by atoms with Crippen LogP contribution in [0.3, 0.4) is 0 Å². The van der Waals surface area contributed by atoms with Crippen LogP contribution in [-0.2, 0) is 9.47 Å². The van der Waals surface area contributed by atoms with Crippen molar-refractivity contribution in [3.8, 4) is 0 Å². The molecule has 0 bridgehead atoms. The van der Waals surface area contributed by atoms with E-state index in [9.17, 15) is 0 Å². The summed E-state index contributed by atoms with van der Waals surface area (Å²) in [6.07, 6.45) is 8.67. The van der Waals surface area contributed by atoms with Crippen molar-refractivity contribution in [2.75, 3.05) is 27.3 Å². The molecule has 0 aromatic heterocycles. The molecule has 0 spiro atoms. The molecule has 0 radical (unpaired) electrons. The summed E-state index contributed by atoms with van der Waals surface area (Å²) in [7, 11) is 3.80. The van der Waals surface area contributed by atoms with Gasteiger partial charge in [-0.05, 0) is 40.2 Å². The van der Waals surface area contributed by atoms with Crippen molar-refractivity contribution < 1.29 is 9.47 Å². The molecule has 0 atom stereocenters. The van der Waals surface area contributed by atoms with Gasteiger partial charge in [-0.25, -0.2) is 0 Å². The molecule has 1 fully saturated rings. The van der Waals surface area contributed by atoms with Gasteiger partial charge >= 0.3 is 0 Å². The Labute approximate surface area is 113 Å². The Bertz CT molecular complexity index is 221. The lowest BCUT2D eigenvalue weighted by molar-refractivity contribution is -0.0805. The molecule has 18 heavy (non-hydrogen) atoms. The largest absolute Gasteiger partial charge is 0.379 e. The first kappa shape index (κ1) is 15.9. The molecule has 0 unspecified atom stereocenters. The number of ether oxygens (including phenoxy) is 2. The highest BCUT2D eigenvalue weighted by atomic mass is 16.5. The van der Waals surface area contributed by atoms with Crippen LogP contribution in [0.2, 0.25) is 0 Å². The smallest absolute Gasteiger partial charge is 0.0806 e. The first-order chi connectivity index (χ1) is 8.54. The highest BCUT2D eigenvalue weighted by molar-refractivity contribution is 4.85. The molecule has 0 aromatic rings. The topological polar surface area (TPSA) is 30.5 Å². The zero-order valence-corrected chi connectivity index (χ0v) is 12.7. The van der Waals surface area contributed by atoms with E-state index in [1.165, 1.54) is 38.5 Å². The van der Waals surface area contributed by atoms with E-state index < -0.39 is 0 Å². The fourth-order valence-electron chi connectivity index (χ4n) is 2.68. The van der Waals surface area contributed by atoms with Gasteiger partial charge in [0, 0.05) is 13.7 Å². The van der Waals surface area contributed by atoms with Crippen LogP contribution < -0.4 is 5.32 Å². The van der Waals surface area contributed by atoms with Gasteiger partial charge in [-0.15, -0.1) is 0 Å². The van der Waals surface area contributed by atoms with Crippen LogP contribution in [0.25, 0.3) is 0 Å². The van der Waals surface area contributed by atoms with Crippen molar-refractivity contribution in [3.05, 3.63) is 0 Å². The van der Waals surface area contributed by atoms with Crippen molar-refractivity contribution in [2.45, 2.75) is 70.0 Å². The Balaban J connectivity index is 2.46. The van der Waals surface area contributed by atoms with Crippen LogP contribution in [-0.4, -0.2) is 38.5 Å². The summed E-state index contributed by atoms with van der Waals surface area (Å²) in [5, 5.41) is 3.31. The fraction of sp³-hybridized carbons (Fsp3) is 1.00. The Morgan fingerprint density at radius 2 is 1.72 bits per heavy atom. The third-order valence-electron chi connectivity index (χ3n) is 4.18. The third kappa shape index (κ3) is 5.25. The molecule has 1 rings (SSSR count). The molecular weight excluding hydrogens is 226 g/mol. The molecule has 0 aliphatic heterocycles. The van der Waals surface area contributed by atoms with E-state index in [-0.39, 0.29) is 11.2 Å². The van der Waals surface area contributed by atoms with Crippen LogP contribution in [0.4, 0.5) is 0 Å². The van der Waals surface area contributed by atoms with Crippen molar-refractivity contribution >= 4 is 0 Å². The van der Waals surface area contributed by atoms with E-state index in [1.54, 1.807) is 7.11 Å². The number of nitrogens with one attached hydrogen (secondary N) is 1. The molecule has 3 heteroatoms. The van der Waals surface area contributed by atoms with E-state index in [0.29, 0.717) is 0 Å². The van der Waals surface area contributed by atoms with Crippen molar-refractivity contribution in [1.29, 1.82) is 0 Å². The summed E-state index contributed by atoms with van der Waals surface area (Å²) in [5.41, 5.74) is -0.0133. The Kier molecular flexibility index (Phi) is 6.61. The van der Waals surface area contributed by atoms with E-state index in [2.05, 4.69) is 19.2 Å². The van der Waals surface area contributed by atoms with E-state index >= 15 is 0 Å². The minimum Gasteiger partial charge on any atom is -0.379 e. The SMILES string of the molecule is CNCC1(OCCC(C)(C)OC)CCCCCC1. The first-order valence-corrected chi connectivity index (χ1v) is 7.37. The number of hydrogen-bond acceptors (Lipinski definition) is 3. The molecule has 1 aliphatic rings. The van der Waals surface area contributed by atoms with Crippen LogP contribution >= 0.6 is 0 Å². The summed E-state index contributed by atoms with van der Waals surface area (Å²) < 4.78 is 11.7. The van der Waals surface area contributed by atoms with Gasteiger partial charge < -0.3 is 14.8 Å². The van der Waals surface area contributed by atoms with Gasteiger partial charge in [0.25, 0.3) is 0 Å². The second-order valence-corrected chi connectivity index (χ2v) is 6.19. The molecular formula is C15H31NO2. The Morgan fingerprint density at radius 3 is 2.22 bits per heavy atom. The average molecular weight is 257 g/mol. The van der Waals surface area contributed by atoms with Gasteiger partial charge in [0.05, 0.1) is 17.8 Å². The second kappa shape index (κ2) is 7.46. The zero-order chi connectivity index (χ0) is 13.5. The van der Waals surface area contributed by atoms with Gasteiger partial charge in [-0.1, -0.05) is 25.7 Å². The molecule has 0 saturated heterocycles. The minimum atomic E-state index is -0.0778. The normalized spacial score (nSPS) is 20.7. The van der Waals surface area contributed by atoms with Gasteiger partial charge in [-0.2, -0.15) is 0 Å². The molecule has 0 amide bonds. The molecule has 0 heterocycles. The van der Waals surface area contributed by atoms with Gasteiger partial charge in [0.1, 0.15) is 0 Å². The zero-order valence-electron chi connectivity index (χ0n) is 12.7. The summed E-state index contributed by atoms with van der Waals surface area (Å²) in [5.74, 6) is 0. The van der Waals surface area contributed by atoms with Crippen molar-refractivity contribution in [1.82, 2.24) is 5.32 Å². The van der Waals surface area contributed by atoms with E-state index in [4.69, 9.17) is 9.47 Å². The number of methoxy groups -OCH3 is 1. The van der Waals surface area contributed by atoms with Crippen LogP contribution in [0.15, 0.2) is 0 Å². The number of rotatable bonds is 7. The maximum atomic E-state index is 6.29. The Hall–Kier alpha value is -0.120. The maximum Gasteiger partial charge on any atom is 0.0806 e. The number of hydrogen-bond donors (Lipinski definition) is 1. The summed E-state index contributed by atoms with van der Waals surface area (Å²) >= 11 is 0. The van der Waals surface area contributed by atoms with Crippen LogP contribution in [0.1, 0.15) is 58.8 Å². The maximum absolute atomic E-state index is 6.29. The molecule has 108 valence electrons. The summed E-state index contributed by atoms with van der Waals surface area (Å²) in [6.45, 7) is 6.01. The van der Waals surface area contributed by atoms with Gasteiger partial charge in [-0.3, -0.25) is 0 Å². The lowest BCUT2D eigenvalue weighted by Gasteiger charge is -2.34.